The average molecular weight is 871 g/mol. The van der Waals surface area contributed by atoms with Crippen LogP contribution in [0.4, 0.5) is 17.1 Å². The van der Waals surface area contributed by atoms with Gasteiger partial charge in [0.25, 0.3) is 0 Å². The maximum Gasteiger partial charge on any atom is 0.0541 e. The molecular formula is C64H42N2S. The summed E-state index contributed by atoms with van der Waals surface area (Å²) in [6.45, 7) is 0. The lowest BCUT2D eigenvalue weighted by molar-refractivity contribution is 1.18. The number of thiophene rings is 1. The van der Waals surface area contributed by atoms with Crippen LogP contribution in [0, 0.1) is 0 Å². The summed E-state index contributed by atoms with van der Waals surface area (Å²) in [7, 11) is 0. The van der Waals surface area contributed by atoms with Gasteiger partial charge in [-0.3, -0.25) is 0 Å². The number of hydrogen-bond donors (Lipinski definition) is 0. The number of aromatic nitrogens is 1. The van der Waals surface area contributed by atoms with Gasteiger partial charge in [-0.05, 0) is 105 Å². The lowest BCUT2D eigenvalue weighted by Gasteiger charge is -2.29. The van der Waals surface area contributed by atoms with E-state index in [2.05, 4.69) is 264 Å². The van der Waals surface area contributed by atoms with Gasteiger partial charge in [-0.1, -0.05) is 194 Å². The van der Waals surface area contributed by atoms with Crippen LogP contribution in [0.25, 0.3) is 103 Å². The van der Waals surface area contributed by atoms with Gasteiger partial charge >= 0.3 is 0 Å². The van der Waals surface area contributed by atoms with Gasteiger partial charge in [-0.25, -0.2) is 0 Å². The molecule has 0 bridgehead atoms. The van der Waals surface area contributed by atoms with Gasteiger partial charge in [0, 0.05) is 53.4 Å². The molecule has 0 spiro atoms. The van der Waals surface area contributed by atoms with Crippen LogP contribution in [0.15, 0.2) is 255 Å². The molecule has 0 N–H and O–H groups in total. The second kappa shape index (κ2) is 16.2. The summed E-state index contributed by atoms with van der Waals surface area (Å²) in [6.07, 6.45) is 0. The van der Waals surface area contributed by atoms with Gasteiger partial charge in [0.1, 0.15) is 0 Å². The zero-order valence-corrected chi connectivity index (χ0v) is 37.4. The number of nitrogens with zero attached hydrogens (tertiary/aromatic N) is 2. The molecule has 314 valence electrons. The third kappa shape index (κ3) is 6.63. The standard InChI is InChI=1S/C64H42N2S/c1-2-20-50-44(16-1)17-14-26-51(50)45-36-34-43(35-37-45)47-18-13-19-49(42-47)65(59-29-9-6-24-55(59)56-27-15-33-63-64(56)57-25-7-12-32-62(57)67-63)48-40-38-46(39-41-48)52-21-3-8-28-58(52)66-60-30-10-4-22-53(60)54-23-5-11-31-61(54)66/h1-42H. The van der Waals surface area contributed by atoms with Crippen LogP contribution in [-0.2, 0) is 0 Å². The third-order valence-electron chi connectivity index (χ3n) is 13.4. The van der Waals surface area contributed by atoms with E-state index in [4.69, 9.17) is 0 Å². The lowest BCUT2D eigenvalue weighted by atomic mass is 9.95. The second-order valence-corrected chi connectivity index (χ2v) is 18.3. The first-order valence-corrected chi connectivity index (χ1v) is 23.7. The molecule has 0 aliphatic heterocycles. The molecule has 13 aromatic rings. The van der Waals surface area contributed by atoms with Crippen molar-refractivity contribution < 1.29 is 0 Å². The lowest BCUT2D eigenvalue weighted by Crippen LogP contribution is -2.11. The Hall–Kier alpha value is -8.50. The van der Waals surface area contributed by atoms with Crippen molar-refractivity contribution in [1.29, 1.82) is 0 Å². The van der Waals surface area contributed by atoms with Gasteiger partial charge < -0.3 is 9.47 Å². The Balaban J connectivity index is 0.956. The molecule has 2 heterocycles. The highest BCUT2D eigenvalue weighted by molar-refractivity contribution is 7.25. The molecule has 11 aromatic carbocycles. The molecule has 0 atom stereocenters. The molecule has 13 rings (SSSR count). The number of benzene rings is 11. The van der Waals surface area contributed by atoms with Crippen molar-refractivity contribution in [2.75, 3.05) is 4.90 Å². The molecular weight excluding hydrogens is 829 g/mol. The fourth-order valence-electron chi connectivity index (χ4n) is 10.4. The molecule has 0 amide bonds. The van der Waals surface area contributed by atoms with Crippen molar-refractivity contribution >= 4 is 81.1 Å². The zero-order valence-electron chi connectivity index (χ0n) is 36.6. The Labute approximate surface area is 393 Å². The van der Waals surface area contributed by atoms with Gasteiger partial charge in [0.2, 0.25) is 0 Å². The summed E-state index contributed by atoms with van der Waals surface area (Å²) < 4.78 is 5.01. The minimum atomic E-state index is 1.08. The van der Waals surface area contributed by atoms with E-state index in [1.165, 1.54) is 86.1 Å². The number of fused-ring (bicyclic) bond motifs is 7. The van der Waals surface area contributed by atoms with Gasteiger partial charge in [0.05, 0.1) is 22.4 Å². The summed E-state index contributed by atoms with van der Waals surface area (Å²) in [5.74, 6) is 0. The van der Waals surface area contributed by atoms with Crippen LogP contribution in [0.1, 0.15) is 0 Å². The van der Waals surface area contributed by atoms with Crippen molar-refractivity contribution in [3.63, 3.8) is 0 Å². The van der Waals surface area contributed by atoms with Crippen LogP contribution in [0.3, 0.4) is 0 Å². The van der Waals surface area contributed by atoms with Gasteiger partial charge in [-0.15, -0.1) is 11.3 Å². The van der Waals surface area contributed by atoms with Gasteiger partial charge in [0.15, 0.2) is 0 Å². The SMILES string of the molecule is c1cc(-c2ccc(-c3cccc4ccccc34)cc2)cc(N(c2ccc(-c3ccccc3-n3c4ccccc4c4ccccc43)cc2)c2ccccc2-c2cccc3sc4ccccc4c23)c1. The molecule has 0 aliphatic carbocycles. The molecule has 67 heavy (non-hydrogen) atoms. The second-order valence-electron chi connectivity index (χ2n) is 17.2. The molecule has 0 radical (unpaired) electrons. The summed E-state index contributed by atoms with van der Waals surface area (Å²) in [5.41, 5.74) is 16.4. The Morgan fingerprint density at radius 3 is 1.66 bits per heavy atom. The molecule has 2 nitrogen and oxygen atoms in total. The fraction of sp³-hybridized carbons (Fsp3) is 0. The summed E-state index contributed by atoms with van der Waals surface area (Å²) in [4.78, 5) is 2.44. The summed E-state index contributed by atoms with van der Waals surface area (Å²) in [6, 6.07) is 93.2. The number of rotatable bonds is 8. The maximum atomic E-state index is 2.44. The van der Waals surface area contributed by atoms with E-state index in [1.807, 2.05) is 11.3 Å². The van der Waals surface area contributed by atoms with Crippen molar-refractivity contribution in [3.8, 4) is 50.2 Å². The highest BCUT2D eigenvalue weighted by Gasteiger charge is 2.21. The van der Waals surface area contributed by atoms with Crippen LogP contribution < -0.4 is 4.90 Å². The Morgan fingerprint density at radius 1 is 0.313 bits per heavy atom. The van der Waals surface area contributed by atoms with Crippen molar-refractivity contribution in [2.24, 2.45) is 0 Å². The quantitative estimate of drug-likeness (QED) is 0.148. The predicted molar refractivity (Wildman–Crippen MR) is 288 cm³/mol. The van der Waals surface area contributed by atoms with E-state index >= 15 is 0 Å². The first kappa shape index (κ1) is 38.9. The summed E-state index contributed by atoms with van der Waals surface area (Å²) in [5, 5.41) is 7.62. The molecule has 0 saturated carbocycles. The van der Waals surface area contributed by atoms with Crippen molar-refractivity contribution in [1.82, 2.24) is 4.57 Å². The third-order valence-corrected chi connectivity index (χ3v) is 14.6. The van der Waals surface area contributed by atoms with E-state index in [0.717, 1.165) is 33.9 Å². The monoisotopic (exact) mass is 870 g/mol. The average Bonchev–Trinajstić information content (AvgIpc) is 3.95. The molecule has 0 saturated heterocycles. The van der Waals surface area contributed by atoms with Crippen LogP contribution in [0.2, 0.25) is 0 Å². The van der Waals surface area contributed by atoms with Gasteiger partial charge in [-0.2, -0.15) is 0 Å². The first-order valence-electron chi connectivity index (χ1n) is 22.9. The molecule has 3 heteroatoms. The van der Waals surface area contributed by atoms with E-state index in [-0.39, 0.29) is 0 Å². The van der Waals surface area contributed by atoms with Crippen LogP contribution >= 0.6 is 11.3 Å². The summed E-state index contributed by atoms with van der Waals surface area (Å²) >= 11 is 1.86. The molecule has 0 fully saturated rings. The zero-order chi connectivity index (χ0) is 44.3. The number of anilines is 3. The normalized spacial score (nSPS) is 11.6. The Bertz CT molecular complexity index is 3930. The topological polar surface area (TPSA) is 8.17 Å². The van der Waals surface area contributed by atoms with Crippen molar-refractivity contribution in [3.05, 3.63) is 255 Å². The van der Waals surface area contributed by atoms with E-state index in [9.17, 15) is 0 Å². The van der Waals surface area contributed by atoms with E-state index < -0.39 is 0 Å². The minimum Gasteiger partial charge on any atom is -0.310 e. The van der Waals surface area contributed by atoms with Crippen LogP contribution in [-0.4, -0.2) is 4.57 Å². The van der Waals surface area contributed by atoms with E-state index in [0.29, 0.717) is 0 Å². The van der Waals surface area contributed by atoms with Crippen LogP contribution in [0.5, 0.6) is 0 Å². The fourth-order valence-corrected chi connectivity index (χ4v) is 11.5. The number of para-hydroxylation sites is 4. The van der Waals surface area contributed by atoms with Crippen molar-refractivity contribution in [2.45, 2.75) is 0 Å². The number of hydrogen-bond acceptors (Lipinski definition) is 2. The van der Waals surface area contributed by atoms with E-state index in [1.54, 1.807) is 0 Å². The first-order chi connectivity index (χ1) is 33.2. The smallest absolute Gasteiger partial charge is 0.0541 e. The highest BCUT2D eigenvalue weighted by atomic mass is 32.1. The Kier molecular flexibility index (Phi) is 9.40. The molecule has 2 aromatic heterocycles. The highest BCUT2D eigenvalue weighted by Crippen LogP contribution is 2.47. The largest absolute Gasteiger partial charge is 0.310 e. The Morgan fingerprint density at radius 2 is 0.851 bits per heavy atom. The molecule has 0 unspecified atom stereocenters. The molecule has 0 aliphatic rings. The maximum absolute atomic E-state index is 2.44. The minimum absolute atomic E-state index is 1.08. The predicted octanol–water partition coefficient (Wildman–Crippen LogP) is 18.4.